The number of hydrogen-bond donors (Lipinski definition) is 0. The van der Waals surface area contributed by atoms with Gasteiger partial charge in [-0.3, -0.25) is 4.79 Å². The van der Waals surface area contributed by atoms with Crippen LogP contribution >= 0.6 is 0 Å². The molecule has 0 radical (unpaired) electrons. The van der Waals surface area contributed by atoms with Gasteiger partial charge in [0.05, 0.1) is 12.9 Å². The summed E-state index contributed by atoms with van der Waals surface area (Å²) in [6.45, 7) is 4.10. The molecule has 0 aliphatic heterocycles. The lowest BCUT2D eigenvalue weighted by Gasteiger charge is -2.20. The van der Waals surface area contributed by atoms with Crippen LogP contribution in [-0.2, 0) is 17.8 Å². The second kappa shape index (κ2) is 5.64. The van der Waals surface area contributed by atoms with Crippen LogP contribution in [0.4, 0.5) is 0 Å². The number of likely N-dealkylation sites (N-methyl/N-ethyl adjacent to an activating group) is 1. The molecule has 1 unspecified atom stereocenters. The molecule has 1 amide bonds. The summed E-state index contributed by atoms with van der Waals surface area (Å²) in [6, 6.07) is -0.301. The highest BCUT2D eigenvalue weighted by Crippen LogP contribution is 2.10. The lowest BCUT2D eigenvalue weighted by atomic mass is 10.3. The number of carbonyl (C=O) groups excluding carboxylic acids is 1. The van der Waals surface area contributed by atoms with Crippen LogP contribution in [0.25, 0.3) is 0 Å². The van der Waals surface area contributed by atoms with Crippen LogP contribution < -0.4 is 0 Å². The SMILES string of the molecule is CCc1nc(CN(C)C(=O)C(C)n2ccnc2)no1. The average Bonchev–Trinajstić information content (AvgIpc) is 3.07. The molecule has 0 aliphatic carbocycles. The maximum absolute atomic E-state index is 12.2. The van der Waals surface area contributed by atoms with Gasteiger partial charge in [-0.1, -0.05) is 12.1 Å². The topological polar surface area (TPSA) is 77.1 Å². The van der Waals surface area contributed by atoms with E-state index in [1.165, 1.54) is 0 Å². The predicted molar refractivity (Wildman–Crippen MR) is 67.1 cm³/mol. The number of carbonyl (C=O) groups is 1. The van der Waals surface area contributed by atoms with Gasteiger partial charge >= 0.3 is 0 Å². The first-order valence-corrected chi connectivity index (χ1v) is 6.15. The third kappa shape index (κ3) is 2.98. The molecule has 7 heteroatoms. The first-order valence-electron chi connectivity index (χ1n) is 6.15. The molecule has 0 saturated carbocycles. The van der Waals surface area contributed by atoms with Crippen LogP contribution in [0.3, 0.4) is 0 Å². The van der Waals surface area contributed by atoms with E-state index in [1.807, 2.05) is 13.8 Å². The van der Waals surface area contributed by atoms with Crippen LogP contribution in [0, 0.1) is 0 Å². The molecule has 0 bridgehead atoms. The zero-order valence-corrected chi connectivity index (χ0v) is 11.3. The lowest BCUT2D eigenvalue weighted by Crippen LogP contribution is -2.32. The van der Waals surface area contributed by atoms with Crippen LogP contribution in [0.1, 0.15) is 31.6 Å². The van der Waals surface area contributed by atoms with Gasteiger partial charge in [0.2, 0.25) is 11.8 Å². The van der Waals surface area contributed by atoms with Gasteiger partial charge in [0.1, 0.15) is 6.04 Å². The Labute approximate surface area is 111 Å². The molecule has 0 aliphatic rings. The third-order valence-electron chi connectivity index (χ3n) is 2.90. The van der Waals surface area contributed by atoms with Crippen molar-refractivity contribution < 1.29 is 9.32 Å². The second-order valence-electron chi connectivity index (χ2n) is 4.34. The Morgan fingerprint density at radius 2 is 2.37 bits per heavy atom. The van der Waals surface area contributed by atoms with Crippen LogP contribution in [-0.4, -0.2) is 37.5 Å². The monoisotopic (exact) mass is 263 g/mol. The van der Waals surface area contributed by atoms with Crippen molar-refractivity contribution in [3.8, 4) is 0 Å². The molecule has 0 N–H and O–H groups in total. The van der Waals surface area contributed by atoms with Gasteiger partial charge in [-0.15, -0.1) is 0 Å². The summed E-state index contributed by atoms with van der Waals surface area (Å²) in [5, 5.41) is 3.83. The fourth-order valence-corrected chi connectivity index (χ4v) is 1.73. The highest BCUT2D eigenvalue weighted by Gasteiger charge is 2.20. The molecular formula is C12H17N5O2. The smallest absolute Gasteiger partial charge is 0.245 e. The Morgan fingerprint density at radius 3 is 2.95 bits per heavy atom. The summed E-state index contributed by atoms with van der Waals surface area (Å²) >= 11 is 0. The van der Waals surface area contributed by atoms with Crippen molar-refractivity contribution in [3.05, 3.63) is 30.4 Å². The Bertz CT molecular complexity index is 534. The number of aryl methyl sites for hydroxylation is 1. The van der Waals surface area contributed by atoms with Crippen molar-refractivity contribution in [1.82, 2.24) is 24.6 Å². The lowest BCUT2D eigenvalue weighted by molar-refractivity contribution is -0.133. The summed E-state index contributed by atoms with van der Waals surface area (Å²) in [5.74, 6) is 1.07. The van der Waals surface area contributed by atoms with Crippen LogP contribution in [0.5, 0.6) is 0 Å². The summed E-state index contributed by atoms with van der Waals surface area (Å²) in [5.41, 5.74) is 0. The Hall–Kier alpha value is -2.18. The average molecular weight is 263 g/mol. The fourth-order valence-electron chi connectivity index (χ4n) is 1.73. The maximum Gasteiger partial charge on any atom is 0.245 e. The molecule has 2 heterocycles. The Morgan fingerprint density at radius 1 is 1.58 bits per heavy atom. The molecule has 0 spiro atoms. The van der Waals surface area contributed by atoms with Gasteiger partial charge in [0.25, 0.3) is 0 Å². The van der Waals surface area contributed by atoms with Gasteiger partial charge in [-0.2, -0.15) is 4.98 Å². The number of amides is 1. The van der Waals surface area contributed by atoms with E-state index in [-0.39, 0.29) is 11.9 Å². The Balaban J connectivity index is 1.99. The van der Waals surface area contributed by atoms with Crippen molar-refractivity contribution in [2.45, 2.75) is 32.9 Å². The fraction of sp³-hybridized carbons (Fsp3) is 0.500. The maximum atomic E-state index is 12.2. The summed E-state index contributed by atoms with van der Waals surface area (Å²) in [6.07, 6.45) is 5.73. The number of nitrogens with zero attached hydrogens (tertiary/aromatic N) is 5. The molecule has 0 aromatic carbocycles. The largest absolute Gasteiger partial charge is 0.339 e. The first-order chi connectivity index (χ1) is 9.11. The molecule has 2 rings (SSSR count). The predicted octanol–water partition coefficient (Wildman–Crippen LogP) is 1.05. The summed E-state index contributed by atoms with van der Waals surface area (Å²) in [7, 11) is 1.72. The molecular weight excluding hydrogens is 246 g/mol. The minimum absolute atomic E-state index is 0.0270. The van der Waals surface area contributed by atoms with Gasteiger partial charge in [0.15, 0.2) is 5.82 Å². The number of hydrogen-bond acceptors (Lipinski definition) is 5. The minimum Gasteiger partial charge on any atom is -0.339 e. The zero-order valence-electron chi connectivity index (χ0n) is 11.3. The zero-order chi connectivity index (χ0) is 13.8. The van der Waals surface area contributed by atoms with E-state index in [1.54, 1.807) is 35.2 Å². The molecule has 1 atom stereocenters. The second-order valence-corrected chi connectivity index (χ2v) is 4.34. The van der Waals surface area contributed by atoms with E-state index in [4.69, 9.17) is 4.52 Å². The van der Waals surface area contributed by atoms with Crippen molar-refractivity contribution >= 4 is 5.91 Å². The molecule has 19 heavy (non-hydrogen) atoms. The third-order valence-corrected chi connectivity index (χ3v) is 2.90. The number of rotatable bonds is 5. The normalized spacial score (nSPS) is 12.4. The standard InChI is InChI=1S/C12H17N5O2/c1-4-11-14-10(15-19-11)7-16(3)12(18)9(2)17-6-5-13-8-17/h5-6,8-9H,4,7H2,1-3H3. The van der Waals surface area contributed by atoms with E-state index in [0.717, 1.165) is 0 Å². The molecule has 2 aromatic rings. The van der Waals surface area contributed by atoms with Crippen LogP contribution in [0.2, 0.25) is 0 Å². The van der Waals surface area contributed by atoms with Crippen molar-refractivity contribution in [2.24, 2.45) is 0 Å². The van der Waals surface area contributed by atoms with Crippen molar-refractivity contribution in [1.29, 1.82) is 0 Å². The van der Waals surface area contributed by atoms with Crippen LogP contribution in [0.15, 0.2) is 23.2 Å². The van der Waals surface area contributed by atoms with Gasteiger partial charge in [-0.05, 0) is 6.92 Å². The molecule has 7 nitrogen and oxygen atoms in total. The molecule has 0 saturated heterocycles. The molecule has 0 fully saturated rings. The van der Waals surface area contributed by atoms with E-state index in [0.29, 0.717) is 24.7 Å². The van der Waals surface area contributed by atoms with Crippen molar-refractivity contribution in [3.63, 3.8) is 0 Å². The summed E-state index contributed by atoms with van der Waals surface area (Å²) < 4.78 is 6.77. The van der Waals surface area contributed by atoms with Gasteiger partial charge in [0, 0.05) is 25.9 Å². The first kappa shape index (κ1) is 13.3. The van der Waals surface area contributed by atoms with E-state index < -0.39 is 0 Å². The quantitative estimate of drug-likeness (QED) is 0.805. The van der Waals surface area contributed by atoms with E-state index >= 15 is 0 Å². The Kier molecular flexibility index (Phi) is 3.94. The minimum atomic E-state index is -0.301. The van der Waals surface area contributed by atoms with Gasteiger partial charge in [-0.25, -0.2) is 4.98 Å². The number of aromatic nitrogens is 4. The van der Waals surface area contributed by atoms with Crippen molar-refractivity contribution in [2.75, 3.05) is 7.05 Å². The molecule has 2 aromatic heterocycles. The van der Waals surface area contributed by atoms with Gasteiger partial charge < -0.3 is 14.0 Å². The van der Waals surface area contributed by atoms with E-state index in [2.05, 4.69) is 15.1 Å². The highest BCUT2D eigenvalue weighted by atomic mass is 16.5. The summed E-state index contributed by atoms with van der Waals surface area (Å²) in [4.78, 5) is 21.9. The number of imidazole rings is 1. The highest BCUT2D eigenvalue weighted by molar-refractivity contribution is 5.79. The molecule has 102 valence electrons. The van der Waals surface area contributed by atoms with E-state index in [9.17, 15) is 4.79 Å².